The maximum Gasteiger partial charge on any atom is 0.346 e. The van der Waals surface area contributed by atoms with Gasteiger partial charge in [-0.15, -0.1) is 0 Å². The van der Waals surface area contributed by atoms with Crippen molar-refractivity contribution < 1.29 is 4.79 Å². The fraction of sp³-hybridized carbons (Fsp3) is 0.545. The average Bonchev–Trinajstić information content (AvgIpc) is 2.24. The van der Waals surface area contributed by atoms with Gasteiger partial charge in [-0.1, -0.05) is 26.2 Å². The van der Waals surface area contributed by atoms with Gasteiger partial charge in [0, 0.05) is 12.6 Å². The van der Waals surface area contributed by atoms with Crippen molar-refractivity contribution in [3.63, 3.8) is 0 Å². The van der Waals surface area contributed by atoms with Gasteiger partial charge in [-0.25, -0.2) is 9.78 Å². The van der Waals surface area contributed by atoms with Crippen LogP contribution in [0.2, 0.25) is 0 Å². The van der Waals surface area contributed by atoms with Crippen molar-refractivity contribution in [2.24, 2.45) is 0 Å². The molecular formula is C11H17N3O2. The largest absolute Gasteiger partial charge is 0.346 e. The van der Waals surface area contributed by atoms with E-state index in [0.717, 1.165) is 25.7 Å². The molecule has 0 bridgehead atoms. The van der Waals surface area contributed by atoms with E-state index in [0.29, 0.717) is 12.2 Å². The second kappa shape index (κ2) is 6.76. The molecule has 1 amide bonds. The van der Waals surface area contributed by atoms with Crippen LogP contribution in [0.1, 0.15) is 39.0 Å². The average molecular weight is 223 g/mol. The lowest BCUT2D eigenvalue weighted by atomic mass is 10.1. The molecular weight excluding hydrogens is 206 g/mol. The molecule has 1 heterocycles. The molecule has 0 atom stereocenters. The van der Waals surface area contributed by atoms with E-state index < -0.39 is 5.69 Å². The molecule has 0 aliphatic rings. The van der Waals surface area contributed by atoms with Crippen LogP contribution in [0.15, 0.2) is 17.1 Å². The first-order valence-electron chi connectivity index (χ1n) is 5.57. The van der Waals surface area contributed by atoms with E-state index in [-0.39, 0.29) is 5.91 Å². The van der Waals surface area contributed by atoms with Crippen LogP contribution in [-0.2, 0) is 4.79 Å². The number of nitrogens with zero attached hydrogens (tertiary/aromatic N) is 1. The van der Waals surface area contributed by atoms with Crippen LogP contribution in [0.5, 0.6) is 0 Å². The number of H-pyrrole nitrogens is 1. The van der Waals surface area contributed by atoms with Crippen molar-refractivity contribution in [1.82, 2.24) is 9.97 Å². The van der Waals surface area contributed by atoms with Crippen LogP contribution < -0.4 is 11.0 Å². The minimum Gasteiger partial charge on any atom is -0.312 e. The van der Waals surface area contributed by atoms with Gasteiger partial charge in [0.1, 0.15) is 5.82 Å². The van der Waals surface area contributed by atoms with E-state index in [1.165, 1.54) is 6.20 Å². The zero-order chi connectivity index (χ0) is 11.8. The Kier molecular flexibility index (Phi) is 5.25. The predicted molar refractivity (Wildman–Crippen MR) is 62.2 cm³/mol. The number of hydrogen-bond acceptors (Lipinski definition) is 3. The molecule has 1 rings (SSSR count). The maximum atomic E-state index is 11.4. The normalized spacial score (nSPS) is 10.1. The molecule has 16 heavy (non-hydrogen) atoms. The van der Waals surface area contributed by atoms with Gasteiger partial charge in [-0.3, -0.25) is 9.78 Å². The molecule has 0 unspecified atom stereocenters. The molecule has 1 aromatic rings. The van der Waals surface area contributed by atoms with Gasteiger partial charge in [0.15, 0.2) is 0 Å². The van der Waals surface area contributed by atoms with Gasteiger partial charge in [-0.2, -0.15) is 0 Å². The first-order chi connectivity index (χ1) is 7.72. The highest BCUT2D eigenvalue weighted by Gasteiger charge is 2.02. The first-order valence-corrected chi connectivity index (χ1v) is 5.57. The third kappa shape index (κ3) is 4.72. The number of unbranched alkanes of at least 4 members (excludes halogenated alkanes) is 3. The monoisotopic (exact) mass is 223 g/mol. The standard InChI is InChI=1S/C11H17N3O2/c1-2-3-4-5-6-10(15)13-9-7-8-12-11(16)14-9/h7-8H,2-6H2,1H3,(H2,12,13,14,15,16). The molecule has 0 aromatic carbocycles. The Morgan fingerprint density at radius 1 is 1.44 bits per heavy atom. The van der Waals surface area contributed by atoms with Crippen molar-refractivity contribution in [3.05, 3.63) is 22.7 Å². The highest BCUT2D eigenvalue weighted by molar-refractivity contribution is 5.89. The molecule has 0 saturated heterocycles. The number of carbonyl (C=O) groups is 1. The third-order valence-electron chi connectivity index (χ3n) is 2.21. The highest BCUT2D eigenvalue weighted by atomic mass is 16.2. The van der Waals surface area contributed by atoms with E-state index in [4.69, 9.17) is 0 Å². The number of carbonyl (C=O) groups excluding carboxylic acids is 1. The van der Waals surface area contributed by atoms with Crippen LogP contribution in [0, 0.1) is 0 Å². The maximum absolute atomic E-state index is 11.4. The second-order valence-corrected chi connectivity index (χ2v) is 3.65. The Balaban J connectivity index is 2.31. The van der Waals surface area contributed by atoms with Crippen LogP contribution in [0.3, 0.4) is 0 Å². The molecule has 0 fully saturated rings. The van der Waals surface area contributed by atoms with Crippen molar-refractivity contribution in [2.75, 3.05) is 5.32 Å². The summed E-state index contributed by atoms with van der Waals surface area (Å²) in [6.07, 6.45) is 6.11. The van der Waals surface area contributed by atoms with Crippen LogP contribution in [0.25, 0.3) is 0 Å². The summed E-state index contributed by atoms with van der Waals surface area (Å²) in [5.74, 6) is 0.332. The molecule has 0 radical (unpaired) electrons. The Bertz CT molecular complexity index is 387. The Morgan fingerprint density at radius 3 is 2.94 bits per heavy atom. The van der Waals surface area contributed by atoms with E-state index in [1.807, 2.05) is 0 Å². The molecule has 5 heteroatoms. The van der Waals surface area contributed by atoms with Gasteiger partial charge in [-0.05, 0) is 12.5 Å². The molecule has 0 saturated carbocycles. The number of anilines is 1. The molecule has 0 aliphatic heterocycles. The van der Waals surface area contributed by atoms with Crippen molar-refractivity contribution >= 4 is 11.7 Å². The Labute approximate surface area is 94.3 Å². The van der Waals surface area contributed by atoms with Crippen LogP contribution in [0.4, 0.5) is 5.82 Å². The number of aromatic nitrogens is 2. The number of amides is 1. The summed E-state index contributed by atoms with van der Waals surface area (Å²) in [6, 6.07) is 1.56. The summed E-state index contributed by atoms with van der Waals surface area (Å²) in [4.78, 5) is 28.2. The minimum absolute atomic E-state index is 0.0713. The SMILES string of the molecule is CCCCCCC(=O)Nc1ccnc(=O)[nH]1. The summed E-state index contributed by atoms with van der Waals surface area (Å²) < 4.78 is 0. The number of nitrogens with one attached hydrogen (secondary N) is 2. The van der Waals surface area contributed by atoms with Gasteiger partial charge >= 0.3 is 5.69 Å². The lowest BCUT2D eigenvalue weighted by Gasteiger charge is -2.03. The predicted octanol–water partition coefficient (Wildman–Crippen LogP) is 1.68. The van der Waals surface area contributed by atoms with Crippen LogP contribution in [-0.4, -0.2) is 15.9 Å². The van der Waals surface area contributed by atoms with Gasteiger partial charge < -0.3 is 5.32 Å². The summed E-state index contributed by atoms with van der Waals surface area (Å²) in [6.45, 7) is 2.13. The van der Waals surface area contributed by atoms with E-state index in [2.05, 4.69) is 22.2 Å². The number of aromatic amines is 1. The highest BCUT2D eigenvalue weighted by Crippen LogP contribution is 2.04. The van der Waals surface area contributed by atoms with Crippen LogP contribution >= 0.6 is 0 Å². The van der Waals surface area contributed by atoms with Gasteiger partial charge in [0.25, 0.3) is 0 Å². The number of rotatable bonds is 6. The molecule has 1 aromatic heterocycles. The molecule has 2 N–H and O–H groups in total. The fourth-order valence-corrected chi connectivity index (χ4v) is 1.37. The molecule has 0 aliphatic carbocycles. The lowest BCUT2D eigenvalue weighted by molar-refractivity contribution is -0.116. The molecule has 0 spiro atoms. The molecule has 5 nitrogen and oxygen atoms in total. The lowest BCUT2D eigenvalue weighted by Crippen LogP contribution is -2.17. The van der Waals surface area contributed by atoms with E-state index >= 15 is 0 Å². The zero-order valence-electron chi connectivity index (χ0n) is 9.45. The topological polar surface area (TPSA) is 74.8 Å². The quantitative estimate of drug-likeness (QED) is 0.720. The summed E-state index contributed by atoms with van der Waals surface area (Å²) >= 11 is 0. The van der Waals surface area contributed by atoms with Crippen molar-refractivity contribution in [3.8, 4) is 0 Å². The summed E-state index contributed by atoms with van der Waals surface area (Å²) in [5, 5.41) is 2.63. The Hall–Kier alpha value is -1.65. The second-order valence-electron chi connectivity index (χ2n) is 3.65. The van der Waals surface area contributed by atoms with E-state index in [9.17, 15) is 9.59 Å². The molecule has 88 valence electrons. The van der Waals surface area contributed by atoms with Gasteiger partial charge in [0.05, 0.1) is 0 Å². The Morgan fingerprint density at radius 2 is 2.25 bits per heavy atom. The fourth-order valence-electron chi connectivity index (χ4n) is 1.37. The first kappa shape index (κ1) is 12.4. The zero-order valence-corrected chi connectivity index (χ0v) is 9.45. The summed E-state index contributed by atoms with van der Waals surface area (Å²) in [7, 11) is 0. The summed E-state index contributed by atoms with van der Waals surface area (Å²) in [5.41, 5.74) is -0.455. The third-order valence-corrected chi connectivity index (χ3v) is 2.21. The van der Waals surface area contributed by atoms with Crippen molar-refractivity contribution in [2.45, 2.75) is 39.0 Å². The minimum atomic E-state index is -0.455. The smallest absolute Gasteiger partial charge is 0.312 e. The number of hydrogen-bond donors (Lipinski definition) is 2. The van der Waals surface area contributed by atoms with Crippen molar-refractivity contribution in [1.29, 1.82) is 0 Å². The van der Waals surface area contributed by atoms with E-state index in [1.54, 1.807) is 6.07 Å². The van der Waals surface area contributed by atoms with Gasteiger partial charge in [0.2, 0.25) is 5.91 Å².